The van der Waals surface area contributed by atoms with Crippen LogP contribution < -0.4 is 5.32 Å². The van der Waals surface area contributed by atoms with Gasteiger partial charge in [0.2, 0.25) is 5.92 Å². The van der Waals surface area contributed by atoms with Crippen molar-refractivity contribution in [1.29, 1.82) is 0 Å². The zero-order chi connectivity index (χ0) is 18.2. The molecule has 0 saturated heterocycles. The molecule has 0 unspecified atom stereocenters. The second kappa shape index (κ2) is 6.23. The SMILES string of the molecule is Cc1cc(NC2CCC(F)(F)CC2)nc(-n2ccc(C(F)(F)F)n2)n1. The van der Waals surface area contributed by atoms with E-state index in [1.807, 2.05) is 0 Å². The third kappa shape index (κ3) is 4.23. The van der Waals surface area contributed by atoms with E-state index in [1.54, 1.807) is 13.0 Å². The van der Waals surface area contributed by atoms with Gasteiger partial charge in [0.25, 0.3) is 5.95 Å². The molecular formula is C15H16F5N5. The van der Waals surface area contributed by atoms with Crippen molar-refractivity contribution >= 4 is 5.82 Å². The van der Waals surface area contributed by atoms with E-state index in [1.165, 1.54) is 0 Å². The molecule has 5 nitrogen and oxygen atoms in total. The smallest absolute Gasteiger partial charge is 0.367 e. The molecule has 1 fully saturated rings. The van der Waals surface area contributed by atoms with Gasteiger partial charge in [-0.2, -0.15) is 23.3 Å². The first-order chi connectivity index (χ1) is 11.6. The van der Waals surface area contributed by atoms with E-state index in [9.17, 15) is 22.0 Å². The fourth-order valence-electron chi connectivity index (χ4n) is 2.71. The van der Waals surface area contributed by atoms with Crippen molar-refractivity contribution in [3.8, 4) is 5.95 Å². The van der Waals surface area contributed by atoms with Gasteiger partial charge in [-0.25, -0.2) is 18.4 Å². The maximum atomic E-state index is 13.2. The molecule has 0 spiro atoms. The molecule has 0 aromatic carbocycles. The lowest BCUT2D eigenvalue weighted by atomic mass is 9.92. The highest BCUT2D eigenvalue weighted by Crippen LogP contribution is 2.34. The number of hydrogen-bond donors (Lipinski definition) is 1. The molecule has 10 heteroatoms. The van der Waals surface area contributed by atoms with Gasteiger partial charge < -0.3 is 5.32 Å². The van der Waals surface area contributed by atoms with Crippen LogP contribution in [0.5, 0.6) is 0 Å². The van der Waals surface area contributed by atoms with Crippen LogP contribution in [0.2, 0.25) is 0 Å². The lowest BCUT2D eigenvalue weighted by molar-refractivity contribution is -0.141. The number of alkyl halides is 5. The predicted octanol–water partition coefficient (Wildman–Crippen LogP) is 3.98. The number of nitrogens with one attached hydrogen (secondary N) is 1. The maximum absolute atomic E-state index is 13.2. The molecule has 1 aliphatic rings. The molecule has 0 radical (unpaired) electrons. The van der Waals surface area contributed by atoms with E-state index in [4.69, 9.17) is 0 Å². The lowest BCUT2D eigenvalue weighted by Crippen LogP contribution is -2.32. The van der Waals surface area contributed by atoms with Crippen LogP contribution in [0.25, 0.3) is 5.95 Å². The minimum Gasteiger partial charge on any atom is -0.367 e. The van der Waals surface area contributed by atoms with Gasteiger partial charge in [0, 0.05) is 36.8 Å². The fourth-order valence-corrected chi connectivity index (χ4v) is 2.71. The number of aromatic nitrogens is 4. The van der Waals surface area contributed by atoms with E-state index in [0.29, 0.717) is 24.4 Å². The monoisotopic (exact) mass is 361 g/mol. The van der Waals surface area contributed by atoms with Gasteiger partial charge in [0.15, 0.2) is 5.69 Å². The molecule has 1 saturated carbocycles. The Morgan fingerprint density at radius 3 is 2.48 bits per heavy atom. The molecule has 3 rings (SSSR count). The van der Waals surface area contributed by atoms with Crippen molar-refractivity contribution < 1.29 is 22.0 Å². The number of anilines is 1. The van der Waals surface area contributed by atoms with Crippen molar-refractivity contribution in [2.75, 3.05) is 5.32 Å². The quantitative estimate of drug-likeness (QED) is 0.841. The highest BCUT2D eigenvalue weighted by molar-refractivity contribution is 5.39. The number of nitrogens with zero attached hydrogens (tertiary/aromatic N) is 4. The molecule has 1 aliphatic carbocycles. The Morgan fingerprint density at radius 1 is 1.20 bits per heavy atom. The molecule has 0 atom stereocenters. The molecule has 2 heterocycles. The molecule has 2 aromatic rings. The molecular weight excluding hydrogens is 345 g/mol. The maximum Gasteiger partial charge on any atom is 0.435 e. The van der Waals surface area contributed by atoms with E-state index in [-0.39, 0.29) is 24.8 Å². The summed E-state index contributed by atoms with van der Waals surface area (Å²) in [5, 5.41) is 6.50. The molecule has 2 aromatic heterocycles. The Kier molecular flexibility index (Phi) is 4.38. The predicted molar refractivity (Wildman–Crippen MR) is 79.7 cm³/mol. The second-order valence-electron chi connectivity index (χ2n) is 6.11. The highest BCUT2D eigenvalue weighted by atomic mass is 19.4. The van der Waals surface area contributed by atoms with Crippen molar-refractivity contribution in [3.63, 3.8) is 0 Å². The second-order valence-corrected chi connectivity index (χ2v) is 6.11. The van der Waals surface area contributed by atoms with Gasteiger partial charge in [0.1, 0.15) is 5.82 Å². The Balaban J connectivity index is 1.78. The molecule has 0 bridgehead atoms. The minimum atomic E-state index is -4.55. The summed E-state index contributed by atoms with van der Waals surface area (Å²) in [5.74, 6) is -2.27. The van der Waals surface area contributed by atoms with Crippen LogP contribution in [-0.4, -0.2) is 31.7 Å². The molecule has 136 valence electrons. The third-order valence-corrected chi connectivity index (χ3v) is 4.00. The van der Waals surface area contributed by atoms with Gasteiger partial charge in [-0.05, 0) is 25.8 Å². The molecule has 0 aliphatic heterocycles. The summed E-state index contributed by atoms with van der Waals surface area (Å²) < 4.78 is 65.3. The highest BCUT2D eigenvalue weighted by Gasteiger charge is 2.35. The minimum absolute atomic E-state index is 0.0147. The van der Waals surface area contributed by atoms with Gasteiger partial charge in [-0.3, -0.25) is 0 Å². The zero-order valence-corrected chi connectivity index (χ0v) is 13.3. The molecule has 0 amide bonds. The summed E-state index contributed by atoms with van der Waals surface area (Å²) >= 11 is 0. The first-order valence-electron chi connectivity index (χ1n) is 7.76. The summed E-state index contributed by atoms with van der Waals surface area (Å²) in [5.41, 5.74) is -0.515. The van der Waals surface area contributed by atoms with E-state index < -0.39 is 17.8 Å². The Morgan fingerprint density at radius 2 is 1.88 bits per heavy atom. The van der Waals surface area contributed by atoms with Crippen LogP contribution in [0.3, 0.4) is 0 Å². The summed E-state index contributed by atoms with van der Waals surface area (Å²) in [4.78, 5) is 8.23. The van der Waals surface area contributed by atoms with Crippen molar-refractivity contribution in [1.82, 2.24) is 19.7 Å². The topological polar surface area (TPSA) is 55.6 Å². The summed E-state index contributed by atoms with van der Waals surface area (Å²) in [6.07, 6.45) is -3.23. The standard InChI is InChI=1S/C15H16F5N5/c1-9-8-12(22-10-2-5-14(16,17)6-3-10)23-13(21-9)25-7-4-11(24-25)15(18,19)20/h4,7-8,10H,2-3,5-6H2,1H3,(H,21,22,23). The first kappa shape index (κ1) is 17.6. The lowest BCUT2D eigenvalue weighted by Gasteiger charge is -2.29. The zero-order valence-electron chi connectivity index (χ0n) is 13.3. The van der Waals surface area contributed by atoms with Crippen LogP contribution in [0, 0.1) is 6.92 Å². The van der Waals surface area contributed by atoms with Gasteiger partial charge in [0.05, 0.1) is 0 Å². The summed E-state index contributed by atoms with van der Waals surface area (Å²) in [6.45, 7) is 1.67. The van der Waals surface area contributed by atoms with Crippen LogP contribution in [0.4, 0.5) is 27.8 Å². The summed E-state index contributed by atoms with van der Waals surface area (Å²) in [6, 6.07) is 2.29. The van der Waals surface area contributed by atoms with Crippen LogP contribution in [0.1, 0.15) is 37.1 Å². The molecule has 25 heavy (non-hydrogen) atoms. The van der Waals surface area contributed by atoms with Crippen molar-refractivity contribution in [2.24, 2.45) is 0 Å². The normalized spacial score (nSPS) is 18.3. The van der Waals surface area contributed by atoms with Crippen LogP contribution in [0.15, 0.2) is 18.3 Å². The average molecular weight is 361 g/mol. The first-order valence-corrected chi connectivity index (χ1v) is 7.76. The van der Waals surface area contributed by atoms with Gasteiger partial charge >= 0.3 is 6.18 Å². The van der Waals surface area contributed by atoms with Crippen LogP contribution >= 0.6 is 0 Å². The average Bonchev–Trinajstić information content (AvgIpc) is 2.99. The van der Waals surface area contributed by atoms with Gasteiger partial charge in [-0.15, -0.1) is 0 Å². The fraction of sp³-hybridized carbons (Fsp3) is 0.533. The van der Waals surface area contributed by atoms with Crippen molar-refractivity contribution in [2.45, 2.75) is 50.7 Å². The number of rotatable bonds is 3. The van der Waals surface area contributed by atoms with Gasteiger partial charge in [-0.1, -0.05) is 0 Å². The Hall–Kier alpha value is -2.26. The Bertz CT molecular complexity index is 745. The van der Waals surface area contributed by atoms with E-state index in [0.717, 1.165) is 16.9 Å². The number of hydrogen-bond acceptors (Lipinski definition) is 4. The van der Waals surface area contributed by atoms with Crippen molar-refractivity contribution in [3.05, 3.63) is 29.7 Å². The number of halogens is 5. The largest absolute Gasteiger partial charge is 0.435 e. The number of aryl methyl sites for hydroxylation is 1. The van der Waals surface area contributed by atoms with Crippen LogP contribution in [-0.2, 0) is 6.18 Å². The van der Waals surface area contributed by atoms with E-state index >= 15 is 0 Å². The third-order valence-electron chi connectivity index (χ3n) is 4.00. The Labute approximate surface area is 140 Å². The summed E-state index contributed by atoms with van der Waals surface area (Å²) in [7, 11) is 0. The molecule has 1 N–H and O–H groups in total. The van der Waals surface area contributed by atoms with E-state index in [2.05, 4.69) is 20.4 Å².